The molecule has 22 heavy (non-hydrogen) atoms. The second-order valence-electron chi connectivity index (χ2n) is 5.30. The van der Waals surface area contributed by atoms with Crippen LogP contribution in [0.1, 0.15) is 22.3 Å². The first kappa shape index (κ1) is 16.7. The zero-order valence-corrected chi connectivity index (χ0v) is 13.9. The summed E-state index contributed by atoms with van der Waals surface area (Å²) in [4.78, 5) is 0.322. The quantitative estimate of drug-likeness (QED) is 0.890. The Morgan fingerprint density at radius 1 is 1.05 bits per heavy atom. The van der Waals surface area contributed by atoms with Crippen LogP contribution >= 0.6 is 0 Å². The number of ether oxygens (including phenoxy) is 1. The molecule has 0 atom stereocenters. The number of nitrogens with one attached hydrogen (secondary N) is 1. The molecule has 0 fully saturated rings. The van der Waals surface area contributed by atoms with E-state index >= 15 is 0 Å². The van der Waals surface area contributed by atoms with Crippen molar-refractivity contribution in [3.63, 3.8) is 0 Å². The summed E-state index contributed by atoms with van der Waals surface area (Å²) in [6.07, 6.45) is 0. The minimum atomic E-state index is -3.53. The average Bonchev–Trinajstić information content (AvgIpc) is 2.46. The molecule has 4 nitrogen and oxygen atoms in total. The third-order valence-electron chi connectivity index (χ3n) is 3.49. The van der Waals surface area contributed by atoms with Crippen molar-refractivity contribution in [2.75, 3.05) is 7.11 Å². The molecule has 2 aromatic rings. The molecule has 0 amide bonds. The Morgan fingerprint density at radius 3 is 2.36 bits per heavy atom. The molecule has 0 aromatic heterocycles. The van der Waals surface area contributed by atoms with Crippen LogP contribution in [-0.4, -0.2) is 15.5 Å². The first-order valence-corrected chi connectivity index (χ1v) is 8.55. The SMILES string of the molecule is COCc1ccccc1CNS(=O)(=O)c1ccc(C)cc1C. The van der Waals surface area contributed by atoms with Crippen molar-refractivity contribution < 1.29 is 13.2 Å². The molecule has 0 saturated carbocycles. The number of rotatable bonds is 6. The van der Waals surface area contributed by atoms with Crippen LogP contribution in [0.25, 0.3) is 0 Å². The Bertz CT molecular complexity index is 754. The highest BCUT2D eigenvalue weighted by molar-refractivity contribution is 7.89. The molecule has 2 rings (SSSR count). The summed E-state index contributed by atoms with van der Waals surface area (Å²) >= 11 is 0. The van der Waals surface area contributed by atoms with Gasteiger partial charge in [-0.15, -0.1) is 0 Å². The lowest BCUT2D eigenvalue weighted by molar-refractivity contribution is 0.184. The van der Waals surface area contributed by atoms with Gasteiger partial charge in [0.05, 0.1) is 11.5 Å². The van der Waals surface area contributed by atoms with Gasteiger partial charge in [0, 0.05) is 13.7 Å². The Hall–Kier alpha value is -1.69. The fourth-order valence-corrected chi connectivity index (χ4v) is 3.61. The molecule has 0 unspecified atom stereocenters. The van der Waals surface area contributed by atoms with Gasteiger partial charge in [0.15, 0.2) is 0 Å². The van der Waals surface area contributed by atoms with Crippen LogP contribution in [0.2, 0.25) is 0 Å². The summed E-state index contributed by atoms with van der Waals surface area (Å²) in [7, 11) is -1.91. The molecule has 0 heterocycles. The number of methoxy groups -OCH3 is 1. The maximum absolute atomic E-state index is 12.5. The summed E-state index contributed by atoms with van der Waals surface area (Å²) < 4.78 is 32.7. The predicted molar refractivity (Wildman–Crippen MR) is 87.1 cm³/mol. The van der Waals surface area contributed by atoms with Crippen LogP contribution in [0.5, 0.6) is 0 Å². The molecule has 2 aromatic carbocycles. The highest BCUT2D eigenvalue weighted by Crippen LogP contribution is 2.17. The summed E-state index contributed by atoms with van der Waals surface area (Å²) in [6, 6.07) is 13.0. The monoisotopic (exact) mass is 319 g/mol. The summed E-state index contributed by atoms with van der Waals surface area (Å²) in [5, 5.41) is 0. The van der Waals surface area contributed by atoms with Crippen molar-refractivity contribution in [1.82, 2.24) is 4.72 Å². The van der Waals surface area contributed by atoms with Gasteiger partial charge in [-0.2, -0.15) is 0 Å². The van der Waals surface area contributed by atoms with Crippen molar-refractivity contribution in [1.29, 1.82) is 0 Å². The van der Waals surface area contributed by atoms with E-state index in [1.807, 2.05) is 37.3 Å². The number of benzene rings is 2. The molecule has 5 heteroatoms. The standard InChI is InChI=1S/C17H21NO3S/c1-13-8-9-17(14(2)10-13)22(19,20)18-11-15-6-4-5-7-16(15)12-21-3/h4-10,18H,11-12H2,1-3H3. The molecule has 0 radical (unpaired) electrons. The number of hydrogen-bond donors (Lipinski definition) is 1. The first-order chi connectivity index (χ1) is 10.4. The molecule has 1 N–H and O–H groups in total. The van der Waals surface area contributed by atoms with Crippen LogP contribution in [0.4, 0.5) is 0 Å². The normalized spacial score (nSPS) is 11.6. The summed E-state index contributed by atoms with van der Waals surface area (Å²) in [5.41, 5.74) is 3.69. The molecule has 0 aliphatic carbocycles. The summed E-state index contributed by atoms with van der Waals surface area (Å²) in [5.74, 6) is 0. The van der Waals surface area contributed by atoms with Gasteiger partial charge in [-0.1, -0.05) is 42.0 Å². The predicted octanol–water partition coefficient (Wildman–Crippen LogP) is 2.93. The highest BCUT2D eigenvalue weighted by Gasteiger charge is 2.16. The smallest absolute Gasteiger partial charge is 0.241 e. The van der Waals surface area contributed by atoms with Gasteiger partial charge in [-0.3, -0.25) is 0 Å². The fraction of sp³-hybridized carbons (Fsp3) is 0.294. The van der Waals surface area contributed by atoms with E-state index in [0.29, 0.717) is 11.5 Å². The highest BCUT2D eigenvalue weighted by atomic mass is 32.2. The van der Waals surface area contributed by atoms with Crippen LogP contribution < -0.4 is 4.72 Å². The minimum absolute atomic E-state index is 0.245. The Morgan fingerprint density at radius 2 is 1.73 bits per heavy atom. The van der Waals surface area contributed by atoms with Gasteiger partial charge in [0.1, 0.15) is 0 Å². The molecule has 0 bridgehead atoms. The van der Waals surface area contributed by atoms with E-state index in [4.69, 9.17) is 4.74 Å². The molecule has 0 spiro atoms. The molecule has 118 valence electrons. The first-order valence-electron chi connectivity index (χ1n) is 7.06. The van der Waals surface area contributed by atoms with Gasteiger partial charge >= 0.3 is 0 Å². The average molecular weight is 319 g/mol. The van der Waals surface area contributed by atoms with Gasteiger partial charge in [0.25, 0.3) is 0 Å². The van der Waals surface area contributed by atoms with Gasteiger partial charge < -0.3 is 4.74 Å². The van der Waals surface area contributed by atoms with E-state index in [-0.39, 0.29) is 6.54 Å². The van der Waals surface area contributed by atoms with E-state index in [2.05, 4.69) is 4.72 Å². The van der Waals surface area contributed by atoms with Crippen LogP contribution in [-0.2, 0) is 27.9 Å². The Balaban J connectivity index is 2.20. The van der Waals surface area contributed by atoms with Crippen LogP contribution in [0, 0.1) is 13.8 Å². The fourth-order valence-electron chi connectivity index (χ4n) is 2.38. The second-order valence-corrected chi connectivity index (χ2v) is 7.03. The van der Waals surface area contributed by atoms with E-state index in [1.165, 1.54) is 0 Å². The van der Waals surface area contributed by atoms with Gasteiger partial charge in [-0.05, 0) is 36.6 Å². The zero-order valence-electron chi connectivity index (χ0n) is 13.1. The third kappa shape index (κ3) is 3.94. The number of sulfonamides is 1. The Kier molecular flexibility index (Phi) is 5.34. The van der Waals surface area contributed by atoms with Crippen molar-refractivity contribution in [2.45, 2.75) is 31.9 Å². The zero-order chi connectivity index (χ0) is 16.2. The second kappa shape index (κ2) is 7.05. The van der Waals surface area contributed by atoms with Crippen molar-refractivity contribution >= 4 is 10.0 Å². The van der Waals surface area contributed by atoms with E-state index in [0.717, 1.165) is 22.3 Å². The van der Waals surface area contributed by atoms with Gasteiger partial charge in [0.2, 0.25) is 10.0 Å². The number of hydrogen-bond acceptors (Lipinski definition) is 3. The van der Waals surface area contributed by atoms with Crippen LogP contribution in [0.15, 0.2) is 47.4 Å². The van der Waals surface area contributed by atoms with Crippen molar-refractivity contribution in [3.05, 3.63) is 64.7 Å². The Labute approximate surface area is 132 Å². The lowest BCUT2D eigenvalue weighted by Gasteiger charge is -2.12. The maximum atomic E-state index is 12.5. The maximum Gasteiger partial charge on any atom is 0.241 e. The molecule has 0 aliphatic heterocycles. The van der Waals surface area contributed by atoms with Crippen LogP contribution in [0.3, 0.4) is 0 Å². The van der Waals surface area contributed by atoms with Crippen molar-refractivity contribution in [2.24, 2.45) is 0 Å². The largest absolute Gasteiger partial charge is 0.380 e. The number of aryl methyl sites for hydroxylation is 2. The van der Waals surface area contributed by atoms with E-state index in [1.54, 1.807) is 26.2 Å². The van der Waals surface area contributed by atoms with E-state index in [9.17, 15) is 8.42 Å². The molecular weight excluding hydrogens is 298 g/mol. The molecule has 0 saturated heterocycles. The lowest BCUT2D eigenvalue weighted by Crippen LogP contribution is -2.24. The third-order valence-corrected chi connectivity index (χ3v) is 5.05. The molecular formula is C17H21NO3S. The topological polar surface area (TPSA) is 55.4 Å². The minimum Gasteiger partial charge on any atom is -0.380 e. The lowest BCUT2D eigenvalue weighted by atomic mass is 10.1. The van der Waals surface area contributed by atoms with E-state index < -0.39 is 10.0 Å². The van der Waals surface area contributed by atoms with Crippen molar-refractivity contribution in [3.8, 4) is 0 Å². The molecule has 0 aliphatic rings. The summed E-state index contributed by atoms with van der Waals surface area (Å²) in [6.45, 7) is 4.45. The van der Waals surface area contributed by atoms with Gasteiger partial charge in [-0.25, -0.2) is 13.1 Å².